The minimum atomic E-state index is -4.59. The Bertz CT molecular complexity index is 465. The maximum absolute atomic E-state index is 12.7. The van der Waals surface area contributed by atoms with Crippen LogP contribution in [0.5, 0.6) is 0 Å². The smallest absolute Gasteiger partial charge is 0.433 e. The molecule has 1 rings (SSSR count). The molecule has 0 fully saturated rings. The van der Waals surface area contributed by atoms with Gasteiger partial charge in [-0.05, 0) is 13.8 Å². The third-order valence-electron chi connectivity index (χ3n) is 2.07. The molecule has 1 heterocycles. The lowest BCUT2D eigenvalue weighted by Gasteiger charge is -2.11. The molecule has 0 saturated heterocycles. The van der Waals surface area contributed by atoms with Gasteiger partial charge in [0.25, 0.3) is 0 Å². The summed E-state index contributed by atoms with van der Waals surface area (Å²) >= 11 is 0. The monoisotopic (exact) mass is 292 g/mol. The van der Waals surface area contributed by atoms with Crippen LogP contribution >= 0.6 is 0 Å². The molecular formula is C11H15F3N4O2. The van der Waals surface area contributed by atoms with Gasteiger partial charge in [-0.2, -0.15) is 18.2 Å². The predicted octanol–water partition coefficient (Wildman–Crippen LogP) is 1.90. The molecule has 1 aromatic heterocycles. The number of halogens is 3. The molecule has 112 valence electrons. The molecule has 0 aliphatic heterocycles. The van der Waals surface area contributed by atoms with Crippen molar-refractivity contribution in [1.82, 2.24) is 9.97 Å². The summed E-state index contributed by atoms with van der Waals surface area (Å²) in [5.74, 6) is -0.838. The van der Waals surface area contributed by atoms with Gasteiger partial charge in [0.15, 0.2) is 5.69 Å². The van der Waals surface area contributed by atoms with E-state index in [1.807, 2.05) is 0 Å². The summed E-state index contributed by atoms with van der Waals surface area (Å²) in [5, 5.41) is 5.07. The summed E-state index contributed by atoms with van der Waals surface area (Å²) in [4.78, 5) is 18.3. The third-order valence-corrected chi connectivity index (χ3v) is 2.07. The van der Waals surface area contributed by atoms with Gasteiger partial charge in [-0.15, -0.1) is 0 Å². The van der Waals surface area contributed by atoms with E-state index in [4.69, 9.17) is 0 Å². The van der Waals surface area contributed by atoms with Gasteiger partial charge in [0.2, 0.25) is 5.95 Å². The Labute approximate surface area is 113 Å². The van der Waals surface area contributed by atoms with Crippen molar-refractivity contribution < 1.29 is 22.7 Å². The molecule has 0 atom stereocenters. The van der Waals surface area contributed by atoms with E-state index in [-0.39, 0.29) is 24.9 Å². The summed E-state index contributed by atoms with van der Waals surface area (Å²) in [7, 11) is 0. The number of carbonyl (C=O) groups is 1. The van der Waals surface area contributed by atoms with Crippen LogP contribution in [0.25, 0.3) is 0 Å². The van der Waals surface area contributed by atoms with Crippen molar-refractivity contribution >= 4 is 17.7 Å². The van der Waals surface area contributed by atoms with Crippen molar-refractivity contribution in [3.05, 3.63) is 11.8 Å². The minimum Gasteiger partial charge on any atom is -0.465 e. The maximum atomic E-state index is 12.7. The highest BCUT2D eigenvalue weighted by Crippen LogP contribution is 2.29. The Morgan fingerprint density at radius 1 is 1.30 bits per heavy atom. The highest BCUT2D eigenvalue weighted by molar-refractivity contribution is 5.74. The first-order chi connectivity index (χ1) is 9.36. The lowest BCUT2D eigenvalue weighted by atomic mass is 10.3. The molecule has 20 heavy (non-hydrogen) atoms. The molecule has 6 nitrogen and oxygen atoms in total. The Kier molecular flexibility index (Phi) is 5.53. The van der Waals surface area contributed by atoms with E-state index >= 15 is 0 Å². The van der Waals surface area contributed by atoms with Crippen LogP contribution in [-0.2, 0) is 15.7 Å². The summed E-state index contributed by atoms with van der Waals surface area (Å²) in [6.45, 7) is 3.63. The van der Waals surface area contributed by atoms with Crippen LogP contribution in [0.2, 0.25) is 0 Å². The predicted molar refractivity (Wildman–Crippen MR) is 66.3 cm³/mol. The summed E-state index contributed by atoms with van der Waals surface area (Å²) < 4.78 is 42.7. The standard InChI is InChI=1S/C11H15F3N4O2/c1-3-15-10-17-7(11(12,13)14)5-8(18-10)16-6-9(19)20-4-2/h5H,3-4,6H2,1-2H3,(H2,15,16,17,18). The highest BCUT2D eigenvalue weighted by Gasteiger charge is 2.33. The van der Waals surface area contributed by atoms with Gasteiger partial charge in [0.1, 0.15) is 12.4 Å². The Hall–Kier alpha value is -2.06. The zero-order valence-electron chi connectivity index (χ0n) is 11.0. The highest BCUT2D eigenvalue weighted by atomic mass is 19.4. The fourth-order valence-corrected chi connectivity index (χ4v) is 1.29. The molecule has 2 N–H and O–H groups in total. The molecule has 0 spiro atoms. The van der Waals surface area contributed by atoms with Crippen molar-refractivity contribution in [2.45, 2.75) is 20.0 Å². The second kappa shape index (κ2) is 6.92. The van der Waals surface area contributed by atoms with E-state index in [2.05, 4.69) is 25.3 Å². The summed E-state index contributed by atoms with van der Waals surface area (Å²) in [6.07, 6.45) is -4.59. The van der Waals surface area contributed by atoms with E-state index in [0.29, 0.717) is 6.54 Å². The number of esters is 1. The van der Waals surface area contributed by atoms with Crippen LogP contribution in [0.1, 0.15) is 19.5 Å². The van der Waals surface area contributed by atoms with Gasteiger partial charge in [-0.3, -0.25) is 4.79 Å². The number of anilines is 2. The third kappa shape index (κ3) is 4.90. The fraction of sp³-hybridized carbons (Fsp3) is 0.545. The lowest BCUT2D eigenvalue weighted by Crippen LogP contribution is -2.19. The fourth-order valence-electron chi connectivity index (χ4n) is 1.29. The number of carbonyl (C=O) groups excluding carboxylic acids is 1. The Morgan fingerprint density at radius 2 is 2.00 bits per heavy atom. The van der Waals surface area contributed by atoms with E-state index < -0.39 is 17.8 Å². The summed E-state index contributed by atoms with van der Waals surface area (Å²) in [6, 6.07) is 0.736. The molecule has 0 unspecified atom stereocenters. The number of rotatable bonds is 6. The first-order valence-electron chi connectivity index (χ1n) is 5.96. The van der Waals surface area contributed by atoms with Crippen LogP contribution in [-0.4, -0.2) is 35.6 Å². The molecule has 9 heteroatoms. The van der Waals surface area contributed by atoms with Crippen LogP contribution in [0, 0.1) is 0 Å². The number of aromatic nitrogens is 2. The molecule has 0 bridgehead atoms. The Morgan fingerprint density at radius 3 is 2.55 bits per heavy atom. The zero-order valence-corrected chi connectivity index (χ0v) is 11.0. The average molecular weight is 292 g/mol. The van der Waals surface area contributed by atoms with E-state index in [1.54, 1.807) is 13.8 Å². The van der Waals surface area contributed by atoms with Crippen molar-refractivity contribution in [2.24, 2.45) is 0 Å². The minimum absolute atomic E-state index is 0.101. The SMILES string of the molecule is CCNc1nc(NCC(=O)OCC)cc(C(F)(F)F)n1. The molecular weight excluding hydrogens is 277 g/mol. The van der Waals surface area contributed by atoms with E-state index in [1.165, 1.54) is 0 Å². The largest absolute Gasteiger partial charge is 0.465 e. The number of alkyl halides is 3. The van der Waals surface area contributed by atoms with Crippen molar-refractivity contribution in [1.29, 1.82) is 0 Å². The lowest BCUT2D eigenvalue weighted by molar-refractivity contribution is -0.141. The van der Waals surface area contributed by atoms with Gasteiger partial charge < -0.3 is 15.4 Å². The van der Waals surface area contributed by atoms with Crippen molar-refractivity contribution in [3.63, 3.8) is 0 Å². The van der Waals surface area contributed by atoms with Crippen LogP contribution in [0.3, 0.4) is 0 Å². The second-order valence-electron chi connectivity index (χ2n) is 3.65. The average Bonchev–Trinajstić information content (AvgIpc) is 2.36. The first kappa shape index (κ1) is 16.0. The quantitative estimate of drug-likeness (QED) is 0.780. The molecule has 1 aromatic rings. The molecule has 0 aliphatic rings. The zero-order chi connectivity index (χ0) is 15.2. The summed E-state index contributed by atoms with van der Waals surface area (Å²) in [5.41, 5.74) is -1.09. The molecule has 0 radical (unpaired) electrons. The number of ether oxygens (including phenoxy) is 1. The van der Waals surface area contributed by atoms with Crippen molar-refractivity contribution in [2.75, 3.05) is 30.3 Å². The number of nitrogens with zero attached hydrogens (tertiary/aromatic N) is 2. The van der Waals surface area contributed by atoms with Gasteiger partial charge in [0, 0.05) is 12.6 Å². The normalized spacial score (nSPS) is 11.1. The first-order valence-corrected chi connectivity index (χ1v) is 5.96. The molecule has 0 amide bonds. The topological polar surface area (TPSA) is 76.1 Å². The van der Waals surface area contributed by atoms with Gasteiger partial charge in [-0.1, -0.05) is 0 Å². The number of hydrogen-bond donors (Lipinski definition) is 2. The molecule has 0 aromatic carbocycles. The van der Waals surface area contributed by atoms with Crippen LogP contribution in [0.15, 0.2) is 6.07 Å². The van der Waals surface area contributed by atoms with Crippen LogP contribution < -0.4 is 10.6 Å². The van der Waals surface area contributed by atoms with Crippen LogP contribution in [0.4, 0.5) is 24.9 Å². The van der Waals surface area contributed by atoms with E-state index in [9.17, 15) is 18.0 Å². The number of nitrogens with one attached hydrogen (secondary N) is 2. The molecule has 0 aliphatic carbocycles. The Balaban J connectivity index is 2.89. The van der Waals surface area contributed by atoms with Gasteiger partial charge >= 0.3 is 12.1 Å². The number of hydrogen-bond acceptors (Lipinski definition) is 6. The van der Waals surface area contributed by atoms with Crippen molar-refractivity contribution in [3.8, 4) is 0 Å². The van der Waals surface area contributed by atoms with Gasteiger partial charge in [-0.25, -0.2) is 4.98 Å². The molecule has 0 saturated carbocycles. The second-order valence-corrected chi connectivity index (χ2v) is 3.65. The maximum Gasteiger partial charge on any atom is 0.433 e. The van der Waals surface area contributed by atoms with E-state index in [0.717, 1.165) is 6.07 Å². The van der Waals surface area contributed by atoms with Gasteiger partial charge in [0.05, 0.1) is 6.61 Å².